The van der Waals surface area contributed by atoms with E-state index < -0.39 is 0 Å². The van der Waals surface area contributed by atoms with Crippen molar-refractivity contribution in [1.29, 1.82) is 5.26 Å². The van der Waals surface area contributed by atoms with Crippen LogP contribution in [0, 0.1) is 11.3 Å². The predicted octanol–water partition coefficient (Wildman–Crippen LogP) is 2.47. The molecule has 1 fully saturated rings. The third-order valence-electron chi connectivity index (χ3n) is 4.37. The highest BCUT2D eigenvalue weighted by Gasteiger charge is 2.22. The second-order valence-corrected chi connectivity index (χ2v) is 5.97. The van der Waals surface area contributed by atoms with Crippen molar-refractivity contribution >= 4 is 17.3 Å². The minimum atomic E-state index is -0.0369. The van der Waals surface area contributed by atoms with Crippen molar-refractivity contribution in [2.45, 2.75) is 6.92 Å². The Morgan fingerprint density at radius 3 is 2.68 bits per heavy atom. The molecule has 6 nitrogen and oxygen atoms in total. The van der Waals surface area contributed by atoms with E-state index in [2.05, 4.69) is 28.2 Å². The van der Waals surface area contributed by atoms with Gasteiger partial charge in [-0.15, -0.1) is 0 Å². The Morgan fingerprint density at radius 2 is 1.96 bits per heavy atom. The van der Waals surface area contributed by atoms with E-state index in [4.69, 9.17) is 5.26 Å². The molecule has 6 heteroatoms. The number of rotatable bonds is 4. The molecule has 25 heavy (non-hydrogen) atoms. The van der Waals surface area contributed by atoms with Crippen molar-refractivity contribution in [2.75, 3.05) is 38.0 Å². The van der Waals surface area contributed by atoms with Crippen LogP contribution >= 0.6 is 0 Å². The van der Waals surface area contributed by atoms with Crippen LogP contribution in [0.1, 0.15) is 23.0 Å². The number of aromatic nitrogens is 1. The van der Waals surface area contributed by atoms with Gasteiger partial charge >= 0.3 is 0 Å². The molecule has 2 heterocycles. The summed E-state index contributed by atoms with van der Waals surface area (Å²) in [4.78, 5) is 21.1. The van der Waals surface area contributed by atoms with Crippen molar-refractivity contribution in [2.24, 2.45) is 0 Å². The van der Waals surface area contributed by atoms with E-state index >= 15 is 0 Å². The highest BCUT2D eigenvalue weighted by Crippen LogP contribution is 2.18. The maximum Gasteiger partial charge on any atom is 0.272 e. The van der Waals surface area contributed by atoms with Gasteiger partial charge in [-0.25, -0.2) is 0 Å². The van der Waals surface area contributed by atoms with E-state index in [1.54, 1.807) is 24.4 Å². The molecule has 1 amide bonds. The van der Waals surface area contributed by atoms with E-state index in [-0.39, 0.29) is 5.91 Å². The number of likely N-dealkylation sites (N-methyl/N-ethyl adjacent to an activating group) is 1. The van der Waals surface area contributed by atoms with Crippen molar-refractivity contribution in [1.82, 2.24) is 14.8 Å². The number of anilines is 2. The van der Waals surface area contributed by atoms with Gasteiger partial charge in [0.2, 0.25) is 0 Å². The van der Waals surface area contributed by atoms with Crippen LogP contribution in [0.4, 0.5) is 11.4 Å². The number of carbonyl (C=O) groups is 1. The van der Waals surface area contributed by atoms with Crippen LogP contribution in [-0.4, -0.2) is 53.4 Å². The zero-order valence-corrected chi connectivity index (χ0v) is 14.3. The van der Waals surface area contributed by atoms with Crippen LogP contribution in [0.3, 0.4) is 0 Å². The number of carbonyl (C=O) groups excluding carboxylic acids is 1. The first kappa shape index (κ1) is 16.9. The van der Waals surface area contributed by atoms with Gasteiger partial charge in [-0.1, -0.05) is 13.0 Å². The average Bonchev–Trinajstić information content (AvgIpc) is 2.68. The van der Waals surface area contributed by atoms with Gasteiger partial charge in [0.15, 0.2) is 0 Å². The maximum absolute atomic E-state index is 12.7. The molecule has 1 aliphatic rings. The number of benzene rings is 1. The average molecular weight is 335 g/mol. The van der Waals surface area contributed by atoms with Crippen LogP contribution in [0.15, 0.2) is 42.6 Å². The highest BCUT2D eigenvalue weighted by molar-refractivity contribution is 5.93. The Labute approximate surface area is 147 Å². The van der Waals surface area contributed by atoms with Crippen molar-refractivity contribution in [3.63, 3.8) is 0 Å². The molecule has 0 bridgehead atoms. The fourth-order valence-corrected chi connectivity index (χ4v) is 2.89. The molecular weight excluding hydrogens is 314 g/mol. The second kappa shape index (κ2) is 7.77. The smallest absolute Gasteiger partial charge is 0.272 e. The van der Waals surface area contributed by atoms with Crippen molar-refractivity contribution in [3.05, 3.63) is 53.9 Å². The number of nitriles is 1. The molecule has 0 aliphatic carbocycles. The zero-order chi connectivity index (χ0) is 17.6. The molecule has 0 unspecified atom stereocenters. The van der Waals surface area contributed by atoms with Gasteiger partial charge in [0.05, 0.1) is 11.6 Å². The molecular formula is C19H21N5O. The van der Waals surface area contributed by atoms with Gasteiger partial charge < -0.3 is 15.1 Å². The summed E-state index contributed by atoms with van der Waals surface area (Å²) in [7, 11) is 0. The predicted molar refractivity (Wildman–Crippen MR) is 96.7 cm³/mol. The molecule has 0 radical (unpaired) electrons. The summed E-state index contributed by atoms with van der Waals surface area (Å²) >= 11 is 0. The summed E-state index contributed by atoms with van der Waals surface area (Å²) in [5, 5.41) is 12.2. The lowest BCUT2D eigenvalue weighted by Crippen LogP contribution is -2.48. The normalized spacial score (nSPS) is 14.8. The summed E-state index contributed by atoms with van der Waals surface area (Å²) in [6, 6.07) is 12.9. The van der Waals surface area contributed by atoms with Gasteiger partial charge in [-0.3, -0.25) is 9.78 Å². The van der Waals surface area contributed by atoms with Gasteiger partial charge in [-0.05, 0) is 36.9 Å². The molecule has 3 rings (SSSR count). The van der Waals surface area contributed by atoms with Crippen molar-refractivity contribution < 1.29 is 4.79 Å². The number of nitrogens with one attached hydrogen (secondary N) is 1. The first-order valence-electron chi connectivity index (χ1n) is 8.44. The molecule has 1 aromatic carbocycles. The zero-order valence-electron chi connectivity index (χ0n) is 14.3. The maximum atomic E-state index is 12.7. The Hall–Kier alpha value is -2.91. The van der Waals surface area contributed by atoms with Crippen LogP contribution < -0.4 is 5.32 Å². The summed E-state index contributed by atoms with van der Waals surface area (Å²) in [6.07, 6.45) is 1.63. The molecule has 1 aromatic heterocycles. The topological polar surface area (TPSA) is 72.3 Å². The van der Waals surface area contributed by atoms with Gasteiger partial charge in [0.1, 0.15) is 5.69 Å². The monoisotopic (exact) mass is 335 g/mol. The fourth-order valence-electron chi connectivity index (χ4n) is 2.89. The van der Waals surface area contributed by atoms with Crippen LogP contribution in [0.2, 0.25) is 0 Å². The summed E-state index contributed by atoms with van der Waals surface area (Å²) in [5.41, 5.74) is 2.61. The number of nitrogens with zero attached hydrogens (tertiary/aromatic N) is 4. The molecule has 0 atom stereocenters. The second-order valence-electron chi connectivity index (χ2n) is 5.97. The molecule has 2 aromatic rings. The lowest BCUT2D eigenvalue weighted by Gasteiger charge is -2.33. The molecule has 1 N–H and O–H groups in total. The quantitative estimate of drug-likeness (QED) is 0.929. The third-order valence-corrected chi connectivity index (χ3v) is 4.37. The molecule has 1 saturated heterocycles. The molecule has 1 aliphatic heterocycles. The van der Waals surface area contributed by atoms with Gasteiger partial charge in [0, 0.05) is 43.8 Å². The number of hydrogen-bond donors (Lipinski definition) is 1. The molecule has 128 valence electrons. The Bertz CT molecular complexity index is 790. The lowest BCUT2D eigenvalue weighted by atomic mass is 10.2. The summed E-state index contributed by atoms with van der Waals surface area (Å²) in [5.74, 6) is -0.0369. The SMILES string of the molecule is CCN1CCN(C(=O)c2cc(Nc3cccc(C#N)c3)ccn2)CC1. The van der Waals surface area contributed by atoms with E-state index in [9.17, 15) is 4.79 Å². The summed E-state index contributed by atoms with van der Waals surface area (Å²) in [6.45, 7) is 6.42. The first-order chi connectivity index (χ1) is 12.2. The third kappa shape index (κ3) is 4.14. The summed E-state index contributed by atoms with van der Waals surface area (Å²) < 4.78 is 0. The molecule has 0 spiro atoms. The Balaban J connectivity index is 1.71. The lowest BCUT2D eigenvalue weighted by molar-refractivity contribution is 0.0637. The Morgan fingerprint density at radius 1 is 1.20 bits per heavy atom. The minimum Gasteiger partial charge on any atom is -0.355 e. The number of piperazine rings is 1. The van der Waals surface area contributed by atoms with Crippen LogP contribution in [-0.2, 0) is 0 Å². The van der Waals surface area contributed by atoms with Crippen molar-refractivity contribution in [3.8, 4) is 6.07 Å². The minimum absolute atomic E-state index is 0.0369. The van der Waals surface area contributed by atoms with Crippen LogP contribution in [0.25, 0.3) is 0 Å². The number of amides is 1. The van der Waals surface area contributed by atoms with Crippen LogP contribution in [0.5, 0.6) is 0 Å². The van der Waals surface area contributed by atoms with Gasteiger partial charge in [-0.2, -0.15) is 5.26 Å². The first-order valence-corrected chi connectivity index (χ1v) is 8.44. The van der Waals surface area contributed by atoms with E-state index in [1.165, 1.54) is 0 Å². The largest absolute Gasteiger partial charge is 0.355 e. The fraction of sp³-hybridized carbons (Fsp3) is 0.316. The standard InChI is InChI=1S/C19H21N5O/c1-2-23-8-10-24(11-9-23)19(25)18-13-17(6-7-21-18)22-16-5-3-4-15(12-16)14-20/h3-7,12-13H,2,8-11H2,1H3,(H,21,22). The van der Waals surface area contributed by atoms with E-state index in [0.29, 0.717) is 11.3 Å². The highest BCUT2D eigenvalue weighted by atomic mass is 16.2. The van der Waals surface area contributed by atoms with E-state index in [0.717, 1.165) is 44.1 Å². The van der Waals surface area contributed by atoms with E-state index in [1.807, 2.05) is 23.1 Å². The van der Waals surface area contributed by atoms with Gasteiger partial charge in [0.25, 0.3) is 5.91 Å². The Kier molecular flexibility index (Phi) is 5.26. The number of hydrogen-bond acceptors (Lipinski definition) is 5. The molecule has 0 saturated carbocycles. The number of pyridine rings is 1.